The number of rotatable bonds is 27. The number of carbonyl (C=O) groups is 2. The Kier molecular flexibility index (Phi) is 26.7. The van der Waals surface area contributed by atoms with Gasteiger partial charge in [-0.2, -0.15) is 0 Å². The largest absolute Gasteiger partial charge is 0.466 e. The Morgan fingerprint density at radius 2 is 0.914 bits per heavy atom. The average molecular weight is 497 g/mol. The summed E-state index contributed by atoms with van der Waals surface area (Å²) < 4.78 is 10.9. The van der Waals surface area contributed by atoms with Crippen LogP contribution in [0.5, 0.6) is 0 Å². The zero-order valence-corrected chi connectivity index (χ0v) is 23.9. The molecule has 0 bridgehead atoms. The van der Waals surface area contributed by atoms with Crippen molar-refractivity contribution >= 4 is 11.9 Å². The third-order valence-electron chi connectivity index (χ3n) is 6.82. The van der Waals surface area contributed by atoms with Gasteiger partial charge in [0.1, 0.15) is 0 Å². The van der Waals surface area contributed by atoms with Crippen molar-refractivity contribution in [1.82, 2.24) is 0 Å². The highest BCUT2D eigenvalue weighted by molar-refractivity contribution is 5.69. The Hall–Kier alpha value is -1.06. The fourth-order valence-electron chi connectivity index (χ4n) is 4.47. The molecule has 0 aliphatic rings. The molecule has 0 heterocycles. The predicted molar refractivity (Wildman–Crippen MR) is 149 cm³/mol. The van der Waals surface area contributed by atoms with Crippen molar-refractivity contribution in [2.75, 3.05) is 6.61 Å². The molecule has 0 saturated carbocycles. The summed E-state index contributed by atoms with van der Waals surface area (Å²) in [7, 11) is 0. The molecule has 35 heavy (non-hydrogen) atoms. The Balaban J connectivity index is 3.32. The van der Waals surface area contributed by atoms with Crippen molar-refractivity contribution in [3.05, 3.63) is 0 Å². The maximum absolute atomic E-state index is 11.9. The maximum Gasteiger partial charge on any atom is 0.306 e. The van der Waals surface area contributed by atoms with Crippen molar-refractivity contribution in [1.29, 1.82) is 0 Å². The lowest BCUT2D eigenvalue weighted by Gasteiger charge is -2.13. The van der Waals surface area contributed by atoms with Gasteiger partial charge in [-0.3, -0.25) is 9.59 Å². The number of carbonyl (C=O) groups excluding carboxylic acids is 2. The zero-order valence-electron chi connectivity index (χ0n) is 23.9. The first kappa shape index (κ1) is 33.9. The molecule has 0 fully saturated rings. The predicted octanol–water partition coefficient (Wildman–Crippen LogP) is 9.86. The molecule has 0 aromatic carbocycles. The minimum atomic E-state index is -0.0476. The minimum absolute atomic E-state index is 0.0383. The molecule has 0 N–H and O–H groups in total. The second-order valence-electron chi connectivity index (χ2n) is 10.5. The maximum atomic E-state index is 11.9. The molecule has 0 aliphatic carbocycles. The highest BCUT2D eigenvalue weighted by Gasteiger charge is 2.09. The van der Waals surface area contributed by atoms with Crippen molar-refractivity contribution in [2.45, 2.75) is 181 Å². The van der Waals surface area contributed by atoms with Gasteiger partial charge in [-0.25, -0.2) is 0 Å². The van der Waals surface area contributed by atoms with E-state index in [1.807, 2.05) is 6.92 Å². The van der Waals surface area contributed by atoms with Crippen LogP contribution in [0.1, 0.15) is 175 Å². The highest BCUT2D eigenvalue weighted by Crippen LogP contribution is 2.13. The van der Waals surface area contributed by atoms with Crippen molar-refractivity contribution < 1.29 is 19.1 Å². The Labute approximate surface area is 218 Å². The van der Waals surface area contributed by atoms with E-state index in [0.717, 1.165) is 57.8 Å². The molecule has 1 atom stereocenters. The SMILES string of the molecule is CCCCCCCCCCCCCOC(=O)CCCCCCCCC(=O)OC(C)CCCCCC. The van der Waals surface area contributed by atoms with Crippen LogP contribution in [0.3, 0.4) is 0 Å². The van der Waals surface area contributed by atoms with E-state index in [-0.39, 0.29) is 18.0 Å². The van der Waals surface area contributed by atoms with Crippen LogP contribution < -0.4 is 0 Å². The van der Waals surface area contributed by atoms with Gasteiger partial charge in [0.2, 0.25) is 0 Å². The summed E-state index contributed by atoms with van der Waals surface area (Å²) in [4.78, 5) is 23.8. The third-order valence-corrected chi connectivity index (χ3v) is 6.82. The molecular formula is C31H60O4. The molecule has 1 unspecified atom stereocenters. The molecule has 0 radical (unpaired) electrons. The number of ether oxygens (including phenoxy) is 2. The summed E-state index contributed by atoms with van der Waals surface area (Å²) in [6, 6.07) is 0. The first-order chi connectivity index (χ1) is 17.1. The van der Waals surface area contributed by atoms with Gasteiger partial charge in [0.15, 0.2) is 0 Å². The second-order valence-corrected chi connectivity index (χ2v) is 10.5. The van der Waals surface area contributed by atoms with Crippen molar-refractivity contribution in [3.8, 4) is 0 Å². The van der Waals surface area contributed by atoms with Gasteiger partial charge < -0.3 is 9.47 Å². The fraction of sp³-hybridized carbons (Fsp3) is 0.935. The lowest BCUT2D eigenvalue weighted by atomic mass is 10.1. The Morgan fingerprint density at radius 3 is 1.43 bits per heavy atom. The summed E-state index contributed by atoms with van der Waals surface area (Å²) in [5.74, 6) is -0.0859. The number of hydrogen-bond donors (Lipinski definition) is 0. The van der Waals surface area contributed by atoms with Gasteiger partial charge >= 0.3 is 11.9 Å². The van der Waals surface area contributed by atoms with E-state index in [1.54, 1.807) is 0 Å². The van der Waals surface area contributed by atoms with Crippen LogP contribution in [0.2, 0.25) is 0 Å². The molecule has 0 aromatic heterocycles. The van der Waals surface area contributed by atoms with E-state index in [2.05, 4.69) is 13.8 Å². The second kappa shape index (κ2) is 27.5. The summed E-state index contributed by atoms with van der Waals surface area (Å²) >= 11 is 0. The van der Waals surface area contributed by atoms with Crippen LogP contribution in [-0.4, -0.2) is 24.6 Å². The molecular weight excluding hydrogens is 436 g/mol. The normalized spacial score (nSPS) is 12.0. The van der Waals surface area contributed by atoms with E-state index < -0.39 is 0 Å². The smallest absolute Gasteiger partial charge is 0.306 e. The van der Waals surface area contributed by atoms with Crippen LogP contribution in [0.25, 0.3) is 0 Å². The molecule has 4 nitrogen and oxygen atoms in total. The van der Waals surface area contributed by atoms with Gasteiger partial charge in [-0.15, -0.1) is 0 Å². The number of unbranched alkanes of at least 4 members (excludes halogenated alkanes) is 18. The Bertz CT molecular complexity index is 463. The van der Waals surface area contributed by atoms with Gasteiger partial charge in [-0.1, -0.05) is 123 Å². The van der Waals surface area contributed by atoms with E-state index in [4.69, 9.17) is 9.47 Å². The van der Waals surface area contributed by atoms with E-state index >= 15 is 0 Å². The van der Waals surface area contributed by atoms with Crippen LogP contribution in [-0.2, 0) is 19.1 Å². The van der Waals surface area contributed by atoms with Gasteiger partial charge in [0.05, 0.1) is 12.7 Å². The monoisotopic (exact) mass is 496 g/mol. The van der Waals surface area contributed by atoms with E-state index in [1.165, 1.54) is 83.5 Å². The number of hydrogen-bond acceptors (Lipinski definition) is 4. The van der Waals surface area contributed by atoms with E-state index in [9.17, 15) is 9.59 Å². The van der Waals surface area contributed by atoms with Crippen LogP contribution >= 0.6 is 0 Å². The lowest BCUT2D eigenvalue weighted by molar-refractivity contribution is -0.148. The summed E-state index contributed by atoms with van der Waals surface area (Å²) in [5, 5.41) is 0. The molecule has 0 aliphatic heterocycles. The first-order valence-electron chi connectivity index (χ1n) is 15.4. The lowest BCUT2D eigenvalue weighted by Crippen LogP contribution is -2.14. The van der Waals surface area contributed by atoms with Crippen LogP contribution in [0.4, 0.5) is 0 Å². The third kappa shape index (κ3) is 27.4. The molecule has 0 spiro atoms. The summed E-state index contributed by atoms with van der Waals surface area (Å²) in [6.45, 7) is 7.07. The van der Waals surface area contributed by atoms with Gasteiger partial charge in [0.25, 0.3) is 0 Å². The van der Waals surface area contributed by atoms with Crippen LogP contribution in [0, 0.1) is 0 Å². The Morgan fingerprint density at radius 1 is 0.514 bits per heavy atom. The summed E-state index contributed by atoms with van der Waals surface area (Å²) in [6.07, 6.45) is 27.6. The van der Waals surface area contributed by atoms with Gasteiger partial charge in [0, 0.05) is 12.8 Å². The molecule has 0 rings (SSSR count). The fourth-order valence-corrected chi connectivity index (χ4v) is 4.47. The highest BCUT2D eigenvalue weighted by atomic mass is 16.5. The minimum Gasteiger partial charge on any atom is -0.466 e. The first-order valence-corrected chi connectivity index (χ1v) is 15.4. The quantitative estimate of drug-likeness (QED) is 0.0838. The molecule has 208 valence electrons. The topological polar surface area (TPSA) is 52.6 Å². The summed E-state index contributed by atoms with van der Waals surface area (Å²) in [5.41, 5.74) is 0. The van der Waals surface area contributed by atoms with Crippen LogP contribution in [0.15, 0.2) is 0 Å². The zero-order chi connectivity index (χ0) is 25.8. The molecule has 0 aromatic rings. The number of esters is 2. The molecule has 4 heteroatoms. The average Bonchev–Trinajstić information content (AvgIpc) is 2.84. The van der Waals surface area contributed by atoms with E-state index in [0.29, 0.717) is 19.4 Å². The molecule has 0 amide bonds. The van der Waals surface area contributed by atoms with Gasteiger partial charge in [-0.05, 0) is 39.0 Å². The van der Waals surface area contributed by atoms with Crippen molar-refractivity contribution in [3.63, 3.8) is 0 Å². The van der Waals surface area contributed by atoms with Crippen molar-refractivity contribution in [2.24, 2.45) is 0 Å². The molecule has 0 saturated heterocycles. The standard InChI is InChI=1S/C31H60O4/c1-4-6-8-10-11-12-13-14-17-20-24-28-34-30(32)26-22-18-15-16-19-23-27-31(33)35-29(3)25-21-9-7-5-2/h29H,4-28H2,1-3H3.